The van der Waals surface area contributed by atoms with Crippen LogP contribution in [-0.2, 0) is 11.3 Å². The summed E-state index contributed by atoms with van der Waals surface area (Å²) in [6, 6.07) is 20.5. The van der Waals surface area contributed by atoms with E-state index in [2.05, 4.69) is 5.32 Å². The molecule has 2 N–H and O–H groups in total. The van der Waals surface area contributed by atoms with Crippen molar-refractivity contribution in [3.8, 4) is 16.9 Å². The SMILES string of the molecule is COc1ccc(-c2ccc(Cn3ccc4c(F)ccc(C(=O)NC5CCC(C(=O)O)CC5)c43)cc2)cc1. The van der Waals surface area contributed by atoms with Gasteiger partial charge in [0, 0.05) is 24.2 Å². The van der Waals surface area contributed by atoms with Gasteiger partial charge in [0.2, 0.25) is 0 Å². The van der Waals surface area contributed by atoms with Gasteiger partial charge >= 0.3 is 5.97 Å². The quantitative estimate of drug-likeness (QED) is 0.332. The normalized spacial score (nSPS) is 17.5. The number of ether oxygens (including phenoxy) is 1. The Labute approximate surface area is 214 Å². The van der Waals surface area contributed by atoms with Crippen molar-refractivity contribution < 1.29 is 23.8 Å². The largest absolute Gasteiger partial charge is 0.497 e. The Kier molecular flexibility index (Phi) is 6.95. The number of nitrogens with zero attached hydrogens (tertiary/aromatic N) is 1. The van der Waals surface area contributed by atoms with Gasteiger partial charge < -0.3 is 19.7 Å². The van der Waals surface area contributed by atoms with Crippen LogP contribution in [0.4, 0.5) is 4.39 Å². The molecule has 1 heterocycles. The number of carboxylic acid groups (broad SMARTS) is 1. The number of nitrogens with one attached hydrogen (secondary N) is 1. The molecule has 5 rings (SSSR count). The van der Waals surface area contributed by atoms with E-state index < -0.39 is 5.97 Å². The molecule has 0 atom stereocenters. The molecule has 0 saturated heterocycles. The van der Waals surface area contributed by atoms with E-state index in [-0.39, 0.29) is 23.7 Å². The molecule has 0 radical (unpaired) electrons. The summed E-state index contributed by atoms with van der Waals surface area (Å²) in [5, 5.41) is 12.7. The highest BCUT2D eigenvalue weighted by Gasteiger charge is 2.27. The van der Waals surface area contributed by atoms with Crippen LogP contribution in [0.25, 0.3) is 22.0 Å². The third-order valence-electron chi connectivity index (χ3n) is 7.26. The van der Waals surface area contributed by atoms with Gasteiger partial charge in [-0.3, -0.25) is 9.59 Å². The van der Waals surface area contributed by atoms with Crippen LogP contribution in [0.15, 0.2) is 72.9 Å². The van der Waals surface area contributed by atoms with E-state index in [0.717, 1.165) is 22.4 Å². The summed E-state index contributed by atoms with van der Waals surface area (Å²) in [5.41, 5.74) is 4.15. The van der Waals surface area contributed by atoms with Crippen molar-refractivity contribution in [2.24, 2.45) is 5.92 Å². The van der Waals surface area contributed by atoms with Crippen LogP contribution in [0.5, 0.6) is 5.75 Å². The number of halogens is 1. The smallest absolute Gasteiger partial charge is 0.306 e. The molecule has 0 bridgehead atoms. The maximum Gasteiger partial charge on any atom is 0.306 e. The maximum atomic E-state index is 14.6. The Hall–Kier alpha value is -4.13. The molecule has 0 aliphatic heterocycles. The molecule has 3 aromatic carbocycles. The zero-order chi connectivity index (χ0) is 25.9. The minimum Gasteiger partial charge on any atom is -0.497 e. The standard InChI is InChI=1S/C30H29FN2O4/c1-37-24-12-8-21(9-13-24)20-4-2-19(3-5-20)18-33-17-16-25-27(31)15-14-26(28(25)33)29(34)32-23-10-6-22(7-11-23)30(35)36/h2-5,8-9,12-17,22-23H,6-7,10-11,18H2,1H3,(H,32,34)(H,35,36). The summed E-state index contributed by atoms with van der Waals surface area (Å²) in [5.74, 6) is -0.959. The van der Waals surface area contributed by atoms with Crippen LogP contribution in [0, 0.1) is 11.7 Å². The molecule has 4 aromatic rings. The Morgan fingerprint density at radius 1 is 0.946 bits per heavy atom. The van der Waals surface area contributed by atoms with E-state index in [4.69, 9.17) is 4.74 Å². The number of carboxylic acids is 1. The number of amides is 1. The van der Waals surface area contributed by atoms with Crippen molar-refractivity contribution in [3.63, 3.8) is 0 Å². The number of aliphatic carboxylic acids is 1. The first-order valence-corrected chi connectivity index (χ1v) is 12.5. The van der Waals surface area contributed by atoms with E-state index in [1.807, 2.05) is 53.1 Å². The molecular formula is C30H29FN2O4. The molecule has 0 spiro atoms. The van der Waals surface area contributed by atoms with Crippen LogP contribution >= 0.6 is 0 Å². The number of methoxy groups -OCH3 is 1. The lowest BCUT2D eigenvalue weighted by Crippen LogP contribution is -2.38. The number of aromatic nitrogens is 1. The molecule has 7 heteroatoms. The van der Waals surface area contributed by atoms with Gasteiger partial charge in [0.1, 0.15) is 11.6 Å². The second-order valence-corrected chi connectivity index (χ2v) is 9.59. The Balaban J connectivity index is 1.35. The van der Waals surface area contributed by atoms with Crippen molar-refractivity contribution in [1.29, 1.82) is 0 Å². The predicted molar refractivity (Wildman–Crippen MR) is 140 cm³/mol. The van der Waals surface area contributed by atoms with Gasteiger partial charge in [-0.05, 0) is 72.7 Å². The molecule has 1 amide bonds. The number of fused-ring (bicyclic) bond motifs is 1. The molecule has 6 nitrogen and oxygen atoms in total. The topological polar surface area (TPSA) is 80.6 Å². The van der Waals surface area contributed by atoms with Gasteiger partial charge in [-0.25, -0.2) is 4.39 Å². The van der Waals surface area contributed by atoms with Crippen molar-refractivity contribution in [3.05, 3.63) is 89.9 Å². The van der Waals surface area contributed by atoms with Gasteiger partial charge in [-0.1, -0.05) is 36.4 Å². The number of hydrogen-bond acceptors (Lipinski definition) is 3. The third kappa shape index (κ3) is 5.21. The monoisotopic (exact) mass is 500 g/mol. The molecule has 0 unspecified atom stereocenters. The van der Waals surface area contributed by atoms with Crippen molar-refractivity contribution in [1.82, 2.24) is 9.88 Å². The second-order valence-electron chi connectivity index (χ2n) is 9.59. The fraction of sp³-hybridized carbons (Fsp3) is 0.267. The minimum absolute atomic E-state index is 0.0860. The van der Waals surface area contributed by atoms with E-state index in [1.165, 1.54) is 12.1 Å². The van der Waals surface area contributed by atoms with E-state index in [9.17, 15) is 19.1 Å². The fourth-order valence-corrected chi connectivity index (χ4v) is 5.14. The molecule has 1 aliphatic rings. The molecular weight excluding hydrogens is 471 g/mol. The number of carbonyl (C=O) groups is 2. The molecule has 1 aliphatic carbocycles. The molecule has 1 fully saturated rings. The summed E-state index contributed by atoms with van der Waals surface area (Å²) in [4.78, 5) is 24.5. The summed E-state index contributed by atoms with van der Waals surface area (Å²) >= 11 is 0. The van der Waals surface area contributed by atoms with E-state index in [0.29, 0.717) is 48.7 Å². The van der Waals surface area contributed by atoms with Crippen LogP contribution in [0.3, 0.4) is 0 Å². The highest BCUT2D eigenvalue weighted by Crippen LogP contribution is 2.28. The Morgan fingerprint density at radius 3 is 2.22 bits per heavy atom. The Bertz CT molecular complexity index is 1420. The number of rotatable bonds is 7. The third-order valence-corrected chi connectivity index (χ3v) is 7.26. The average Bonchev–Trinajstić information content (AvgIpc) is 3.34. The molecule has 190 valence electrons. The van der Waals surface area contributed by atoms with Gasteiger partial charge in [-0.15, -0.1) is 0 Å². The van der Waals surface area contributed by atoms with Gasteiger partial charge in [0.05, 0.1) is 24.1 Å². The van der Waals surface area contributed by atoms with Crippen molar-refractivity contribution >= 4 is 22.8 Å². The first-order valence-electron chi connectivity index (χ1n) is 12.5. The van der Waals surface area contributed by atoms with Crippen molar-refractivity contribution in [2.75, 3.05) is 7.11 Å². The fourth-order valence-electron chi connectivity index (χ4n) is 5.14. The summed E-state index contributed by atoms with van der Waals surface area (Å²) in [6.07, 6.45) is 4.13. The van der Waals surface area contributed by atoms with Crippen molar-refractivity contribution in [2.45, 2.75) is 38.3 Å². The molecule has 37 heavy (non-hydrogen) atoms. The van der Waals surface area contributed by atoms with E-state index >= 15 is 0 Å². The summed E-state index contributed by atoms with van der Waals surface area (Å²) in [6.45, 7) is 0.486. The lowest BCUT2D eigenvalue weighted by atomic mass is 9.86. The van der Waals surface area contributed by atoms with Gasteiger partial charge in [0.15, 0.2) is 0 Å². The summed E-state index contributed by atoms with van der Waals surface area (Å²) < 4.78 is 21.8. The van der Waals surface area contributed by atoms with Crippen LogP contribution in [0.1, 0.15) is 41.6 Å². The van der Waals surface area contributed by atoms with Crippen LogP contribution < -0.4 is 10.1 Å². The van der Waals surface area contributed by atoms with Crippen LogP contribution in [-0.4, -0.2) is 34.7 Å². The highest BCUT2D eigenvalue weighted by atomic mass is 19.1. The summed E-state index contributed by atoms with van der Waals surface area (Å²) in [7, 11) is 1.64. The zero-order valence-electron chi connectivity index (χ0n) is 20.6. The number of benzene rings is 3. The lowest BCUT2D eigenvalue weighted by Gasteiger charge is -2.27. The van der Waals surface area contributed by atoms with Crippen LogP contribution in [0.2, 0.25) is 0 Å². The second kappa shape index (κ2) is 10.5. The minimum atomic E-state index is -0.778. The zero-order valence-corrected chi connectivity index (χ0v) is 20.6. The molecule has 1 saturated carbocycles. The van der Waals surface area contributed by atoms with Gasteiger partial charge in [0.25, 0.3) is 5.91 Å². The van der Waals surface area contributed by atoms with E-state index in [1.54, 1.807) is 19.4 Å². The lowest BCUT2D eigenvalue weighted by molar-refractivity contribution is -0.142. The van der Waals surface area contributed by atoms with Gasteiger partial charge in [-0.2, -0.15) is 0 Å². The Morgan fingerprint density at radius 2 is 1.59 bits per heavy atom. The highest BCUT2D eigenvalue weighted by molar-refractivity contribution is 6.06. The maximum absolute atomic E-state index is 14.6. The first-order chi connectivity index (χ1) is 17.9. The predicted octanol–water partition coefficient (Wildman–Crippen LogP) is 5.88. The first kappa shape index (κ1) is 24.6. The number of hydrogen-bond donors (Lipinski definition) is 2. The average molecular weight is 501 g/mol. The molecule has 1 aromatic heterocycles. The number of carbonyl (C=O) groups excluding carboxylic acids is 1.